The number of ether oxygens (including phenoxy) is 1. The molecule has 3 aromatic heterocycles. The van der Waals surface area contributed by atoms with E-state index in [0.717, 1.165) is 44.7 Å². The van der Waals surface area contributed by atoms with Crippen LogP contribution in [0.2, 0.25) is 0 Å². The lowest BCUT2D eigenvalue weighted by molar-refractivity contribution is 0.414. The van der Waals surface area contributed by atoms with Crippen molar-refractivity contribution in [1.82, 2.24) is 9.38 Å². The van der Waals surface area contributed by atoms with Crippen molar-refractivity contribution in [2.24, 2.45) is 0 Å². The fourth-order valence-electron chi connectivity index (χ4n) is 5.41. The Kier molecular flexibility index (Phi) is 4.58. The Balaban J connectivity index is 1.60. The van der Waals surface area contributed by atoms with Gasteiger partial charge in [0, 0.05) is 28.0 Å². The van der Waals surface area contributed by atoms with Gasteiger partial charge in [-0.15, -0.1) is 0 Å². The van der Waals surface area contributed by atoms with Crippen LogP contribution in [0.1, 0.15) is 5.56 Å². The van der Waals surface area contributed by atoms with Crippen molar-refractivity contribution in [3.05, 3.63) is 115 Å². The van der Waals surface area contributed by atoms with Gasteiger partial charge in [-0.3, -0.25) is 0 Å². The summed E-state index contributed by atoms with van der Waals surface area (Å²) in [5.41, 5.74) is 8.87. The number of methoxy groups -OCH3 is 1. The van der Waals surface area contributed by atoms with Crippen molar-refractivity contribution in [2.75, 3.05) is 7.11 Å². The Morgan fingerprint density at radius 3 is 2.39 bits per heavy atom. The number of hydrogen-bond donors (Lipinski definition) is 0. The van der Waals surface area contributed by atoms with E-state index >= 15 is 0 Å². The number of nitrogens with zero attached hydrogens (tertiary/aromatic N) is 2. The minimum absolute atomic E-state index is 0.867. The number of pyridine rings is 2. The van der Waals surface area contributed by atoms with E-state index in [0.29, 0.717) is 0 Å². The van der Waals surface area contributed by atoms with Crippen LogP contribution in [0, 0.1) is 6.92 Å². The summed E-state index contributed by atoms with van der Waals surface area (Å²) in [7, 11) is 1.72. The van der Waals surface area contributed by atoms with Crippen LogP contribution >= 0.6 is 0 Å². The zero-order valence-corrected chi connectivity index (χ0v) is 20.2. The number of fused-ring (bicyclic) bond motifs is 6. The average Bonchev–Trinajstić information content (AvgIpc) is 3.31. The normalized spacial score (nSPS) is 11.6. The Labute approximate surface area is 209 Å². The van der Waals surface area contributed by atoms with Crippen LogP contribution in [0.15, 0.2) is 109 Å². The number of benzene rings is 4. The first kappa shape index (κ1) is 20.7. The van der Waals surface area contributed by atoms with Crippen molar-refractivity contribution < 1.29 is 4.74 Å². The molecular weight excluding hydrogens is 440 g/mol. The van der Waals surface area contributed by atoms with Gasteiger partial charge in [-0.1, -0.05) is 72.8 Å². The Morgan fingerprint density at radius 2 is 1.50 bits per heavy atom. The third-order valence-electron chi connectivity index (χ3n) is 7.08. The summed E-state index contributed by atoms with van der Waals surface area (Å²) in [5.74, 6) is 0.867. The molecule has 0 spiro atoms. The maximum atomic E-state index is 5.55. The Hall–Kier alpha value is -4.63. The highest BCUT2D eigenvalue weighted by molar-refractivity contribution is 6.14. The highest BCUT2D eigenvalue weighted by atomic mass is 16.5. The molecule has 3 heteroatoms. The summed E-state index contributed by atoms with van der Waals surface area (Å²) < 4.78 is 7.85. The van der Waals surface area contributed by atoms with E-state index in [1.54, 1.807) is 7.11 Å². The van der Waals surface area contributed by atoms with Gasteiger partial charge in [-0.2, -0.15) is 0 Å². The molecule has 7 rings (SSSR count). The summed E-state index contributed by atoms with van der Waals surface area (Å²) in [6.45, 7) is 2.10. The number of hydrogen-bond acceptors (Lipinski definition) is 2. The Morgan fingerprint density at radius 1 is 0.694 bits per heavy atom. The van der Waals surface area contributed by atoms with Crippen molar-refractivity contribution >= 4 is 38.1 Å². The molecule has 0 amide bonds. The van der Waals surface area contributed by atoms with E-state index in [1.807, 2.05) is 0 Å². The summed E-state index contributed by atoms with van der Waals surface area (Å²) in [4.78, 5) is 5.25. The van der Waals surface area contributed by atoms with Gasteiger partial charge in [0.25, 0.3) is 0 Å². The highest BCUT2D eigenvalue weighted by Crippen LogP contribution is 2.38. The molecule has 0 saturated heterocycles. The fraction of sp³-hybridized carbons (Fsp3) is 0.0606. The first-order valence-electron chi connectivity index (χ1n) is 12.2. The molecule has 3 heterocycles. The van der Waals surface area contributed by atoms with Crippen LogP contribution < -0.4 is 4.74 Å². The van der Waals surface area contributed by atoms with E-state index in [2.05, 4.69) is 121 Å². The quantitative estimate of drug-likeness (QED) is 0.262. The third kappa shape index (κ3) is 3.17. The second kappa shape index (κ2) is 7.96. The highest BCUT2D eigenvalue weighted by Gasteiger charge is 2.17. The molecule has 0 radical (unpaired) electrons. The zero-order chi connectivity index (χ0) is 24.2. The largest absolute Gasteiger partial charge is 0.497 e. The monoisotopic (exact) mass is 464 g/mol. The molecule has 0 N–H and O–H groups in total. The SMILES string of the molecule is COc1cc(C)cc(-c2ccc3cc4c5ccccc5nc(-c5cccc6ccccc56)c4n3c2)c1. The second-order valence-corrected chi connectivity index (χ2v) is 9.36. The van der Waals surface area contributed by atoms with Gasteiger partial charge in [0.15, 0.2) is 0 Å². The average molecular weight is 465 g/mol. The van der Waals surface area contributed by atoms with E-state index in [-0.39, 0.29) is 0 Å². The molecule has 4 aromatic carbocycles. The molecule has 172 valence electrons. The minimum Gasteiger partial charge on any atom is -0.497 e. The predicted molar refractivity (Wildman–Crippen MR) is 150 cm³/mol. The van der Waals surface area contributed by atoms with Gasteiger partial charge in [0.05, 0.1) is 23.8 Å². The number of aromatic nitrogens is 2. The van der Waals surface area contributed by atoms with E-state index in [9.17, 15) is 0 Å². The van der Waals surface area contributed by atoms with Crippen molar-refractivity contribution in [3.8, 4) is 28.1 Å². The number of aryl methyl sites for hydroxylation is 1. The molecule has 0 atom stereocenters. The molecule has 7 aromatic rings. The van der Waals surface area contributed by atoms with Crippen LogP contribution in [0.3, 0.4) is 0 Å². The predicted octanol–water partition coefficient (Wildman–Crippen LogP) is 8.44. The first-order valence-corrected chi connectivity index (χ1v) is 12.2. The molecule has 0 unspecified atom stereocenters. The van der Waals surface area contributed by atoms with E-state index in [4.69, 9.17) is 9.72 Å². The summed E-state index contributed by atoms with van der Waals surface area (Å²) in [6, 6.07) is 36.5. The van der Waals surface area contributed by atoms with Crippen molar-refractivity contribution in [3.63, 3.8) is 0 Å². The van der Waals surface area contributed by atoms with E-state index in [1.165, 1.54) is 27.1 Å². The lowest BCUT2D eigenvalue weighted by Gasteiger charge is -2.12. The smallest absolute Gasteiger partial charge is 0.119 e. The molecule has 0 aliphatic rings. The van der Waals surface area contributed by atoms with E-state index < -0.39 is 0 Å². The molecule has 0 bridgehead atoms. The summed E-state index contributed by atoms with van der Waals surface area (Å²) in [5, 5.41) is 4.80. The van der Waals surface area contributed by atoms with Crippen molar-refractivity contribution in [1.29, 1.82) is 0 Å². The van der Waals surface area contributed by atoms with Crippen LogP contribution in [0.25, 0.3) is 60.5 Å². The lowest BCUT2D eigenvalue weighted by Crippen LogP contribution is -1.94. The molecular formula is C33H24N2O. The standard InChI is InChI=1S/C33H24N2O/c1-21-16-24(18-26(17-21)36-2)23-14-15-25-19-30-28-11-5-6-13-31(28)34-32(33(30)35(25)20-23)29-12-7-9-22-8-3-4-10-27(22)29/h3-20H,1-2H3. The van der Waals surface area contributed by atoms with Gasteiger partial charge in [0.2, 0.25) is 0 Å². The fourth-order valence-corrected chi connectivity index (χ4v) is 5.41. The summed E-state index contributed by atoms with van der Waals surface area (Å²) >= 11 is 0. The van der Waals surface area contributed by atoms with Crippen LogP contribution in [-0.4, -0.2) is 16.5 Å². The maximum absolute atomic E-state index is 5.55. The number of para-hydroxylation sites is 1. The van der Waals surface area contributed by atoms with Gasteiger partial charge < -0.3 is 9.14 Å². The van der Waals surface area contributed by atoms with Gasteiger partial charge in [-0.05, 0) is 64.7 Å². The van der Waals surface area contributed by atoms with Crippen molar-refractivity contribution in [2.45, 2.75) is 6.92 Å². The minimum atomic E-state index is 0.867. The zero-order valence-electron chi connectivity index (χ0n) is 20.2. The molecule has 0 saturated carbocycles. The van der Waals surface area contributed by atoms with Gasteiger partial charge in [0.1, 0.15) is 5.75 Å². The van der Waals surface area contributed by atoms with Crippen LogP contribution in [-0.2, 0) is 0 Å². The molecule has 0 fully saturated rings. The molecule has 36 heavy (non-hydrogen) atoms. The topological polar surface area (TPSA) is 26.5 Å². The summed E-state index contributed by atoms with van der Waals surface area (Å²) in [6.07, 6.45) is 2.23. The first-order chi connectivity index (χ1) is 17.7. The second-order valence-electron chi connectivity index (χ2n) is 9.36. The van der Waals surface area contributed by atoms with Crippen LogP contribution in [0.5, 0.6) is 5.75 Å². The van der Waals surface area contributed by atoms with Crippen LogP contribution in [0.4, 0.5) is 0 Å². The molecule has 3 nitrogen and oxygen atoms in total. The maximum Gasteiger partial charge on any atom is 0.119 e. The lowest BCUT2D eigenvalue weighted by atomic mass is 9.99. The van der Waals surface area contributed by atoms with Gasteiger partial charge >= 0.3 is 0 Å². The molecule has 0 aliphatic heterocycles. The number of rotatable bonds is 3. The molecule has 0 aliphatic carbocycles. The van der Waals surface area contributed by atoms with Gasteiger partial charge in [-0.25, -0.2) is 4.98 Å². The third-order valence-corrected chi connectivity index (χ3v) is 7.08. The Bertz CT molecular complexity index is 1940.